The Bertz CT molecular complexity index is 867. The Balaban J connectivity index is 1.59. The van der Waals surface area contributed by atoms with Gasteiger partial charge in [0.2, 0.25) is 0 Å². The lowest BCUT2D eigenvalue weighted by molar-refractivity contribution is 0.0524. The number of benzene rings is 1. The maximum absolute atomic E-state index is 12.3. The molecule has 1 amide bonds. The first kappa shape index (κ1) is 22.7. The van der Waals surface area contributed by atoms with Crippen LogP contribution in [0.5, 0.6) is 0 Å². The Hall–Kier alpha value is -3.00. The third-order valence-corrected chi connectivity index (χ3v) is 5.45. The number of nitrogens with zero attached hydrogens (tertiary/aromatic N) is 1. The first-order chi connectivity index (χ1) is 15.0. The molecule has 31 heavy (non-hydrogen) atoms. The summed E-state index contributed by atoms with van der Waals surface area (Å²) in [6, 6.07) is 11.2. The lowest BCUT2D eigenvalue weighted by Crippen LogP contribution is -2.55. The number of hydrogen-bond donors (Lipinski definition) is 2. The van der Waals surface area contributed by atoms with Crippen LogP contribution in [-0.4, -0.2) is 56.0 Å². The standard InChI is InChI=1S/C23H31N3O5/c1-4-18-17(22(27)30-5-2)13-21(24-18)26-12-11-19(20(14-26)29-3)25-23(28)31-15-16-9-7-6-8-10-16/h6-10,13,19-20,24H,4-5,11-12,14-15H2,1-3H3,(H,25,28). The van der Waals surface area contributed by atoms with E-state index in [4.69, 9.17) is 14.2 Å². The molecule has 1 aromatic heterocycles. The Morgan fingerprint density at radius 1 is 1.19 bits per heavy atom. The predicted molar refractivity (Wildman–Crippen MR) is 117 cm³/mol. The molecule has 1 aromatic carbocycles. The molecular weight excluding hydrogens is 398 g/mol. The van der Waals surface area contributed by atoms with Gasteiger partial charge in [0.15, 0.2) is 0 Å². The molecule has 0 spiro atoms. The van der Waals surface area contributed by atoms with E-state index in [0.717, 1.165) is 17.1 Å². The van der Waals surface area contributed by atoms with Crippen molar-refractivity contribution < 1.29 is 23.8 Å². The third-order valence-electron chi connectivity index (χ3n) is 5.45. The van der Waals surface area contributed by atoms with E-state index in [0.29, 0.717) is 38.1 Å². The van der Waals surface area contributed by atoms with Crippen molar-refractivity contribution in [2.24, 2.45) is 0 Å². The minimum absolute atomic E-state index is 0.158. The van der Waals surface area contributed by atoms with Crippen LogP contribution in [0.1, 0.15) is 41.9 Å². The maximum Gasteiger partial charge on any atom is 0.407 e. The highest BCUT2D eigenvalue weighted by Crippen LogP contribution is 2.25. The second kappa shape index (κ2) is 10.9. The fourth-order valence-electron chi connectivity index (χ4n) is 3.78. The van der Waals surface area contributed by atoms with E-state index in [-0.39, 0.29) is 24.7 Å². The van der Waals surface area contributed by atoms with E-state index in [9.17, 15) is 9.59 Å². The predicted octanol–water partition coefficient (Wildman–Crippen LogP) is 3.27. The van der Waals surface area contributed by atoms with Crippen molar-refractivity contribution in [1.82, 2.24) is 10.3 Å². The van der Waals surface area contributed by atoms with Gasteiger partial charge in [-0.2, -0.15) is 0 Å². The van der Waals surface area contributed by atoms with Crippen molar-refractivity contribution in [2.75, 3.05) is 31.7 Å². The van der Waals surface area contributed by atoms with Crippen LogP contribution in [0.25, 0.3) is 0 Å². The number of carbonyl (C=O) groups is 2. The summed E-state index contributed by atoms with van der Waals surface area (Å²) in [5.74, 6) is 0.537. The summed E-state index contributed by atoms with van der Waals surface area (Å²) in [5.41, 5.74) is 2.36. The van der Waals surface area contributed by atoms with Gasteiger partial charge in [-0.1, -0.05) is 37.3 Å². The van der Waals surface area contributed by atoms with Crippen LogP contribution in [0.2, 0.25) is 0 Å². The summed E-state index contributed by atoms with van der Waals surface area (Å²) in [4.78, 5) is 30.0. The molecule has 8 heteroatoms. The zero-order chi connectivity index (χ0) is 22.2. The fourth-order valence-corrected chi connectivity index (χ4v) is 3.78. The van der Waals surface area contributed by atoms with Crippen molar-refractivity contribution in [3.8, 4) is 0 Å². The summed E-state index contributed by atoms with van der Waals surface area (Å²) < 4.78 is 16.2. The molecule has 3 rings (SSSR count). The van der Waals surface area contributed by atoms with Crippen molar-refractivity contribution in [3.63, 3.8) is 0 Å². The van der Waals surface area contributed by atoms with Crippen LogP contribution in [-0.2, 0) is 27.2 Å². The van der Waals surface area contributed by atoms with Gasteiger partial charge in [0.25, 0.3) is 0 Å². The van der Waals surface area contributed by atoms with Gasteiger partial charge in [-0.25, -0.2) is 9.59 Å². The quantitative estimate of drug-likeness (QED) is 0.626. The molecule has 0 radical (unpaired) electrons. The topological polar surface area (TPSA) is 92.9 Å². The molecule has 1 aliphatic rings. The van der Waals surface area contributed by atoms with Gasteiger partial charge in [0, 0.05) is 25.9 Å². The summed E-state index contributed by atoms with van der Waals surface area (Å²) in [6.07, 6.45) is 0.723. The number of aromatic nitrogens is 1. The Morgan fingerprint density at radius 2 is 1.97 bits per heavy atom. The van der Waals surface area contributed by atoms with Gasteiger partial charge < -0.3 is 29.4 Å². The van der Waals surface area contributed by atoms with Crippen molar-refractivity contribution in [3.05, 3.63) is 53.2 Å². The summed E-state index contributed by atoms with van der Waals surface area (Å²) in [6.45, 7) is 5.63. The number of ether oxygens (including phenoxy) is 3. The number of alkyl carbamates (subject to hydrolysis) is 1. The van der Waals surface area contributed by atoms with Gasteiger partial charge in [0.1, 0.15) is 12.4 Å². The number of amides is 1. The Kier molecular flexibility index (Phi) is 7.94. The van der Waals surface area contributed by atoms with Crippen molar-refractivity contribution in [2.45, 2.75) is 45.4 Å². The number of hydrogen-bond acceptors (Lipinski definition) is 6. The molecule has 8 nitrogen and oxygen atoms in total. The monoisotopic (exact) mass is 429 g/mol. The molecule has 2 heterocycles. The molecule has 1 saturated heterocycles. The molecule has 1 fully saturated rings. The maximum atomic E-state index is 12.3. The molecule has 0 bridgehead atoms. The number of H-pyrrole nitrogens is 1. The number of esters is 1. The van der Waals surface area contributed by atoms with Crippen LogP contribution in [0, 0.1) is 0 Å². The van der Waals surface area contributed by atoms with E-state index in [1.165, 1.54) is 0 Å². The number of nitrogens with one attached hydrogen (secondary N) is 2. The summed E-state index contributed by atoms with van der Waals surface area (Å²) in [7, 11) is 1.63. The first-order valence-electron chi connectivity index (χ1n) is 10.7. The average Bonchev–Trinajstić information content (AvgIpc) is 3.23. The number of methoxy groups -OCH3 is 1. The number of rotatable bonds is 8. The molecule has 168 valence electrons. The van der Waals surface area contributed by atoms with Gasteiger partial charge >= 0.3 is 12.1 Å². The van der Waals surface area contributed by atoms with Gasteiger partial charge in [-0.3, -0.25) is 0 Å². The van der Waals surface area contributed by atoms with Crippen molar-refractivity contribution >= 4 is 17.9 Å². The van der Waals surface area contributed by atoms with E-state index < -0.39 is 6.09 Å². The van der Waals surface area contributed by atoms with Crippen LogP contribution in [0.3, 0.4) is 0 Å². The molecule has 2 unspecified atom stereocenters. The Morgan fingerprint density at radius 3 is 2.65 bits per heavy atom. The minimum Gasteiger partial charge on any atom is -0.462 e. The summed E-state index contributed by atoms with van der Waals surface area (Å²) >= 11 is 0. The molecular formula is C23H31N3O5. The van der Waals surface area contributed by atoms with E-state index in [1.807, 2.05) is 43.3 Å². The van der Waals surface area contributed by atoms with Gasteiger partial charge in [-0.05, 0) is 31.4 Å². The fraction of sp³-hybridized carbons (Fsp3) is 0.478. The highest BCUT2D eigenvalue weighted by molar-refractivity contribution is 5.92. The smallest absolute Gasteiger partial charge is 0.407 e. The molecule has 2 aromatic rings. The zero-order valence-corrected chi connectivity index (χ0v) is 18.3. The molecule has 0 saturated carbocycles. The third kappa shape index (κ3) is 5.79. The summed E-state index contributed by atoms with van der Waals surface area (Å²) in [5, 5.41) is 2.93. The van der Waals surface area contributed by atoms with Gasteiger partial charge in [0.05, 0.1) is 24.3 Å². The van der Waals surface area contributed by atoms with E-state index in [2.05, 4.69) is 15.2 Å². The largest absolute Gasteiger partial charge is 0.462 e. The van der Waals surface area contributed by atoms with Crippen LogP contribution >= 0.6 is 0 Å². The van der Waals surface area contributed by atoms with Gasteiger partial charge in [-0.15, -0.1) is 0 Å². The highest BCUT2D eigenvalue weighted by atomic mass is 16.5. The van der Waals surface area contributed by atoms with E-state index >= 15 is 0 Å². The SMILES string of the molecule is CCOC(=O)c1cc(N2CCC(NC(=O)OCc3ccccc3)C(OC)C2)[nH]c1CC. The number of anilines is 1. The number of piperidine rings is 1. The van der Waals surface area contributed by atoms with Crippen molar-refractivity contribution in [1.29, 1.82) is 0 Å². The lowest BCUT2D eigenvalue weighted by Gasteiger charge is -2.38. The molecule has 0 aliphatic carbocycles. The molecule has 2 atom stereocenters. The van der Waals surface area contributed by atoms with Crippen LogP contribution < -0.4 is 10.2 Å². The number of aryl methyl sites for hydroxylation is 1. The Labute approximate surface area is 182 Å². The molecule has 2 N–H and O–H groups in total. The first-order valence-corrected chi connectivity index (χ1v) is 10.7. The normalized spacial score (nSPS) is 18.5. The minimum atomic E-state index is -0.456. The highest BCUT2D eigenvalue weighted by Gasteiger charge is 2.32. The number of carbonyl (C=O) groups excluding carboxylic acids is 2. The van der Waals surface area contributed by atoms with E-state index in [1.54, 1.807) is 14.0 Å². The second-order valence-electron chi connectivity index (χ2n) is 7.44. The average molecular weight is 430 g/mol. The van der Waals surface area contributed by atoms with Crippen LogP contribution in [0.15, 0.2) is 36.4 Å². The molecule has 1 aliphatic heterocycles. The van der Waals surface area contributed by atoms with Crippen LogP contribution in [0.4, 0.5) is 10.6 Å². The zero-order valence-electron chi connectivity index (χ0n) is 18.3. The second-order valence-corrected chi connectivity index (χ2v) is 7.44. The lowest BCUT2D eigenvalue weighted by atomic mass is 10.0. The number of aromatic amines is 1.